The molecule has 0 aliphatic carbocycles. The van der Waals surface area contributed by atoms with E-state index in [1.807, 2.05) is 47.7 Å². The summed E-state index contributed by atoms with van der Waals surface area (Å²) in [6.07, 6.45) is 0. The molecule has 8 aromatic carbocycles. The van der Waals surface area contributed by atoms with Crippen LogP contribution in [0.5, 0.6) is 0 Å². The lowest BCUT2D eigenvalue weighted by molar-refractivity contribution is 1.06. The number of thiophene rings is 1. The van der Waals surface area contributed by atoms with Gasteiger partial charge in [-0.15, -0.1) is 11.3 Å². The molecule has 0 saturated carbocycles. The SMILES string of the molecule is c1ccc(-c2nc(-c3ccccc3)nc(-c3cc(-c4ccccc4-c4ccccc4)ccc3-n3c4ccccc4c4c5sc6ccccc6c5ccc43)n2)cc1. The summed E-state index contributed by atoms with van der Waals surface area (Å²) in [5.74, 6) is 1.87. The van der Waals surface area contributed by atoms with Crippen molar-refractivity contribution in [3.8, 4) is 62.1 Å². The van der Waals surface area contributed by atoms with E-state index in [1.54, 1.807) is 0 Å². The smallest absolute Gasteiger partial charge is 0.166 e. The minimum absolute atomic E-state index is 0.612. The molecule has 0 bridgehead atoms. The number of hydrogen-bond donors (Lipinski definition) is 0. The fourth-order valence-corrected chi connectivity index (χ4v) is 9.36. The van der Waals surface area contributed by atoms with Crippen LogP contribution in [0.2, 0.25) is 0 Å². The van der Waals surface area contributed by atoms with Crippen LogP contribution in [-0.2, 0) is 0 Å². The van der Waals surface area contributed by atoms with Gasteiger partial charge >= 0.3 is 0 Å². The summed E-state index contributed by atoms with van der Waals surface area (Å²) in [6, 6.07) is 68.5. The molecule has 0 N–H and O–H groups in total. The van der Waals surface area contributed by atoms with Crippen molar-refractivity contribution >= 4 is 53.3 Å². The summed E-state index contributed by atoms with van der Waals surface area (Å²) in [4.78, 5) is 15.6. The summed E-state index contributed by atoms with van der Waals surface area (Å²) in [6.45, 7) is 0. The van der Waals surface area contributed by atoms with Gasteiger partial charge in [-0.3, -0.25) is 0 Å². The van der Waals surface area contributed by atoms with E-state index in [-0.39, 0.29) is 0 Å². The first-order chi connectivity index (χ1) is 27.8. The Balaban J connectivity index is 1.24. The third-order valence-electron chi connectivity index (χ3n) is 10.7. The normalized spacial score (nSPS) is 11.6. The third-order valence-corrected chi connectivity index (χ3v) is 11.9. The third kappa shape index (κ3) is 5.32. The molecule has 0 fully saturated rings. The Morgan fingerprint density at radius 1 is 0.357 bits per heavy atom. The minimum atomic E-state index is 0.612. The number of fused-ring (bicyclic) bond motifs is 7. The molecule has 11 rings (SSSR count). The van der Waals surface area contributed by atoms with E-state index in [9.17, 15) is 0 Å². The molecule has 3 aromatic heterocycles. The molecule has 0 unspecified atom stereocenters. The summed E-state index contributed by atoms with van der Waals surface area (Å²) in [7, 11) is 0. The number of nitrogens with zero attached hydrogens (tertiary/aromatic N) is 4. The summed E-state index contributed by atoms with van der Waals surface area (Å²) < 4.78 is 5.00. The highest BCUT2D eigenvalue weighted by molar-refractivity contribution is 7.26. The van der Waals surface area contributed by atoms with Crippen molar-refractivity contribution in [2.75, 3.05) is 0 Å². The summed E-state index contributed by atoms with van der Waals surface area (Å²) >= 11 is 1.87. The van der Waals surface area contributed by atoms with E-state index in [2.05, 4.69) is 162 Å². The molecule has 0 aliphatic heterocycles. The Morgan fingerprint density at radius 3 is 1.61 bits per heavy atom. The Kier molecular flexibility index (Phi) is 7.64. The molecule has 0 aliphatic rings. The number of aromatic nitrogens is 4. The molecule has 0 spiro atoms. The zero-order valence-corrected chi connectivity index (χ0v) is 31.0. The average molecular weight is 733 g/mol. The van der Waals surface area contributed by atoms with Crippen molar-refractivity contribution in [3.05, 3.63) is 194 Å². The van der Waals surface area contributed by atoms with E-state index in [4.69, 9.17) is 15.0 Å². The van der Waals surface area contributed by atoms with Crippen LogP contribution in [0.3, 0.4) is 0 Å². The van der Waals surface area contributed by atoms with E-state index in [0.717, 1.165) is 44.5 Å². The van der Waals surface area contributed by atoms with Gasteiger partial charge in [0.2, 0.25) is 0 Å². The molecule has 0 radical (unpaired) electrons. The van der Waals surface area contributed by atoms with Crippen molar-refractivity contribution in [1.29, 1.82) is 0 Å². The van der Waals surface area contributed by atoms with Crippen molar-refractivity contribution in [2.24, 2.45) is 0 Å². The van der Waals surface area contributed by atoms with Gasteiger partial charge in [0.15, 0.2) is 17.5 Å². The van der Waals surface area contributed by atoms with Gasteiger partial charge in [-0.25, -0.2) is 15.0 Å². The standard InChI is InChI=1S/C51H32N4S/c1-4-16-33(17-5-1)37-22-10-11-23-38(37)36-28-30-44(42(32-36)51-53-49(34-18-6-2-7-19-34)52-50(54-51)35-20-8-3-9-21-35)55-43-26-14-12-25-41(43)47-45(55)31-29-40-39-24-13-15-27-46(39)56-48(40)47/h1-32H. The maximum absolute atomic E-state index is 5.29. The van der Waals surface area contributed by atoms with Crippen molar-refractivity contribution in [2.45, 2.75) is 0 Å². The Hall–Kier alpha value is -7.21. The van der Waals surface area contributed by atoms with Gasteiger partial charge in [0.25, 0.3) is 0 Å². The lowest BCUT2D eigenvalue weighted by Crippen LogP contribution is -2.04. The second-order valence-electron chi connectivity index (χ2n) is 14.0. The summed E-state index contributed by atoms with van der Waals surface area (Å²) in [5, 5.41) is 5.05. The van der Waals surface area contributed by atoms with E-state index >= 15 is 0 Å². The molecule has 0 saturated heterocycles. The Labute approximate surface area is 327 Å². The number of benzene rings is 8. The molecular weight excluding hydrogens is 701 g/mol. The molecule has 262 valence electrons. The van der Waals surface area contributed by atoms with Gasteiger partial charge in [-0.2, -0.15) is 0 Å². The van der Waals surface area contributed by atoms with Crippen LogP contribution >= 0.6 is 11.3 Å². The second-order valence-corrected chi connectivity index (χ2v) is 15.0. The molecule has 3 heterocycles. The van der Waals surface area contributed by atoms with Gasteiger partial charge in [-0.05, 0) is 52.6 Å². The lowest BCUT2D eigenvalue weighted by atomic mass is 9.93. The number of para-hydroxylation sites is 1. The van der Waals surface area contributed by atoms with Crippen LogP contribution in [-0.4, -0.2) is 19.5 Å². The largest absolute Gasteiger partial charge is 0.308 e. The predicted molar refractivity (Wildman–Crippen MR) is 234 cm³/mol. The van der Waals surface area contributed by atoms with Crippen LogP contribution in [0.1, 0.15) is 0 Å². The Morgan fingerprint density at radius 2 is 0.911 bits per heavy atom. The monoisotopic (exact) mass is 732 g/mol. The second kappa shape index (κ2) is 13.3. The van der Waals surface area contributed by atoms with E-state index in [0.29, 0.717) is 17.5 Å². The van der Waals surface area contributed by atoms with Crippen LogP contribution in [0.25, 0.3) is 104 Å². The average Bonchev–Trinajstić information content (AvgIpc) is 3.83. The zero-order chi connectivity index (χ0) is 37.0. The van der Waals surface area contributed by atoms with Crippen LogP contribution in [0.4, 0.5) is 0 Å². The minimum Gasteiger partial charge on any atom is -0.308 e. The Bertz CT molecular complexity index is 3180. The van der Waals surface area contributed by atoms with E-state index in [1.165, 1.54) is 42.1 Å². The van der Waals surface area contributed by atoms with Crippen molar-refractivity contribution < 1.29 is 0 Å². The quantitative estimate of drug-likeness (QED) is 0.171. The molecule has 11 aromatic rings. The fourth-order valence-electron chi connectivity index (χ4n) is 8.11. The van der Waals surface area contributed by atoms with Crippen LogP contribution < -0.4 is 0 Å². The highest BCUT2D eigenvalue weighted by Gasteiger charge is 2.22. The number of hydrogen-bond acceptors (Lipinski definition) is 4. The molecular formula is C51H32N4S. The topological polar surface area (TPSA) is 43.6 Å². The van der Waals surface area contributed by atoms with Crippen molar-refractivity contribution in [1.82, 2.24) is 19.5 Å². The van der Waals surface area contributed by atoms with Gasteiger partial charge in [-0.1, -0.05) is 164 Å². The first-order valence-corrected chi connectivity index (χ1v) is 19.6. The first-order valence-electron chi connectivity index (χ1n) is 18.8. The maximum Gasteiger partial charge on any atom is 0.166 e. The molecule has 0 atom stereocenters. The molecule has 56 heavy (non-hydrogen) atoms. The van der Waals surface area contributed by atoms with Crippen molar-refractivity contribution in [3.63, 3.8) is 0 Å². The van der Waals surface area contributed by atoms with Crippen LogP contribution in [0, 0.1) is 0 Å². The zero-order valence-electron chi connectivity index (χ0n) is 30.2. The molecule has 4 nitrogen and oxygen atoms in total. The van der Waals surface area contributed by atoms with E-state index < -0.39 is 0 Å². The predicted octanol–water partition coefficient (Wildman–Crippen LogP) is 13.7. The van der Waals surface area contributed by atoms with Gasteiger partial charge in [0.1, 0.15) is 0 Å². The summed E-state index contributed by atoms with van der Waals surface area (Å²) in [5.41, 5.74) is 10.6. The highest BCUT2D eigenvalue weighted by Crippen LogP contribution is 2.45. The van der Waals surface area contributed by atoms with Gasteiger partial charge in [0.05, 0.1) is 16.7 Å². The lowest BCUT2D eigenvalue weighted by Gasteiger charge is -2.17. The number of rotatable bonds is 6. The fraction of sp³-hybridized carbons (Fsp3) is 0. The molecule has 0 amide bonds. The van der Waals surface area contributed by atoms with Gasteiger partial charge in [0, 0.05) is 47.6 Å². The molecule has 5 heteroatoms. The maximum atomic E-state index is 5.29. The van der Waals surface area contributed by atoms with Crippen LogP contribution in [0.15, 0.2) is 194 Å². The highest BCUT2D eigenvalue weighted by atomic mass is 32.1. The van der Waals surface area contributed by atoms with Gasteiger partial charge < -0.3 is 4.57 Å². The first kappa shape index (κ1) is 32.2.